The lowest BCUT2D eigenvalue weighted by atomic mass is 10.0. The van der Waals surface area contributed by atoms with Crippen molar-refractivity contribution in [3.8, 4) is 5.75 Å². The van der Waals surface area contributed by atoms with E-state index in [1.165, 1.54) is 0 Å². The average molecular weight is 561 g/mol. The monoisotopic (exact) mass is 560 g/mol. The summed E-state index contributed by atoms with van der Waals surface area (Å²) < 4.78 is 5.67. The molecule has 0 N–H and O–H groups in total. The number of hydrogen-bond acceptors (Lipinski definition) is 5. The molecule has 0 aromatic heterocycles. The second-order valence-corrected chi connectivity index (χ2v) is 10.5. The summed E-state index contributed by atoms with van der Waals surface area (Å²) in [5.41, 5.74) is 3.37. The molecule has 1 amide bonds. The van der Waals surface area contributed by atoms with E-state index in [4.69, 9.17) is 21.3 Å². The molecule has 6 nitrogen and oxygen atoms in total. The van der Waals surface area contributed by atoms with Gasteiger partial charge in [0.15, 0.2) is 6.61 Å². The number of rotatable bonds is 11. The largest absolute Gasteiger partial charge is 0.484 e. The van der Waals surface area contributed by atoms with Gasteiger partial charge in [-0.15, -0.1) is 0 Å². The third kappa shape index (κ3) is 7.74. The van der Waals surface area contributed by atoms with Crippen molar-refractivity contribution in [3.63, 3.8) is 0 Å². The van der Waals surface area contributed by atoms with Crippen LogP contribution in [0.1, 0.15) is 27.7 Å². The van der Waals surface area contributed by atoms with Gasteiger partial charge in [0.2, 0.25) is 0 Å². The summed E-state index contributed by atoms with van der Waals surface area (Å²) in [5, 5.41) is 0.630. The third-order valence-corrected chi connectivity index (χ3v) is 7.09. The molecule has 0 aliphatic carbocycles. The van der Waals surface area contributed by atoms with Crippen LogP contribution in [0, 0.1) is 5.92 Å². The zero-order valence-corrected chi connectivity index (χ0v) is 24.9. The SMILES string of the molecule is C=CC1=C(C=C)C(=C)N(C(/C=C\C)=C/C=C\C(C)C)C(C(C)N2CCN(C(=O)COc3ccc(Cl)cc3)CC2)=N1. The second-order valence-electron chi connectivity index (χ2n) is 10.0. The van der Waals surface area contributed by atoms with Crippen LogP contribution < -0.4 is 4.74 Å². The topological polar surface area (TPSA) is 48.4 Å². The number of nitrogens with zero attached hydrogens (tertiary/aromatic N) is 4. The fourth-order valence-corrected chi connectivity index (χ4v) is 4.75. The van der Waals surface area contributed by atoms with E-state index in [2.05, 4.69) is 74.6 Å². The van der Waals surface area contributed by atoms with Crippen LogP contribution in [0.3, 0.4) is 0 Å². The Morgan fingerprint density at radius 3 is 2.35 bits per heavy atom. The highest BCUT2D eigenvalue weighted by Gasteiger charge is 2.33. The number of halogens is 1. The molecule has 40 heavy (non-hydrogen) atoms. The lowest BCUT2D eigenvalue weighted by molar-refractivity contribution is -0.135. The minimum atomic E-state index is -0.0385. The lowest BCUT2D eigenvalue weighted by Gasteiger charge is -2.42. The molecule has 0 radical (unpaired) electrons. The Bertz CT molecular complexity index is 1250. The predicted octanol–water partition coefficient (Wildman–Crippen LogP) is 6.78. The molecule has 0 spiro atoms. The minimum absolute atomic E-state index is 0.00326. The van der Waals surface area contributed by atoms with E-state index in [1.807, 2.05) is 17.9 Å². The first-order valence-corrected chi connectivity index (χ1v) is 14.1. The number of hydrogen-bond donors (Lipinski definition) is 0. The zero-order valence-electron chi connectivity index (χ0n) is 24.1. The van der Waals surface area contributed by atoms with E-state index in [9.17, 15) is 4.79 Å². The molecule has 3 rings (SSSR count). The molecule has 212 valence electrons. The summed E-state index contributed by atoms with van der Waals surface area (Å²) in [4.78, 5) is 24.2. The molecule has 7 heteroatoms. The lowest BCUT2D eigenvalue weighted by Crippen LogP contribution is -2.56. The van der Waals surface area contributed by atoms with Gasteiger partial charge in [-0.2, -0.15) is 0 Å². The van der Waals surface area contributed by atoms with Crippen molar-refractivity contribution >= 4 is 23.3 Å². The van der Waals surface area contributed by atoms with Crippen LogP contribution in [-0.4, -0.2) is 65.3 Å². The van der Waals surface area contributed by atoms with Crippen LogP contribution in [0.25, 0.3) is 0 Å². The molecule has 0 bridgehead atoms. The number of amidine groups is 1. The summed E-state index contributed by atoms with van der Waals surface area (Å²) >= 11 is 5.93. The van der Waals surface area contributed by atoms with Gasteiger partial charge in [-0.1, -0.05) is 69.5 Å². The molecule has 2 aliphatic rings. The van der Waals surface area contributed by atoms with Crippen LogP contribution in [0.5, 0.6) is 5.75 Å². The van der Waals surface area contributed by atoms with Crippen molar-refractivity contribution in [2.24, 2.45) is 10.9 Å². The van der Waals surface area contributed by atoms with E-state index < -0.39 is 0 Å². The van der Waals surface area contributed by atoms with Crippen molar-refractivity contribution in [1.29, 1.82) is 0 Å². The fourth-order valence-electron chi connectivity index (χ4n) is 4.63. The predicted molar refractivity (Wildman–Crippen MR) is 167 cm³/mol. The molecule has 1 saturated heterocycles. The molecule has 2 heterocycles. The van der Waals surface area contributed by atoms with Crippen molar-refractivity contribution in [1.82, 2.24) is 14.7 Å². The Hall–Kier alpha value is -3.61. The molecule has 1 unspecified atom stereocenters. The van der Waals surface area contributed by atoms with Crippen molar-refractivity contribution in [3.05, 3.63) is 114 Å². The molecule has 1 atom stereocenters. The van der Waals surface area contributed by atoms with E-state index in [-0.39, 0.29) is 18.6 Å². The first-order chi connectivity index (χ1) is 19.2. The Morgan fingerprint density at radius 2 is 1.77 bits per heavy atom. The van der Waals surface area contributed by atoms with Crippen LogP contribution in [0.15, 0.2) is 114 Å². The summed E-state index contributed by atoms with van der Waals surface area (Å²) in [7, 11) is 0. The maximum absolute atomic E-state index is 12.8. The van der Waals surface area contributed by atoms with Gasteiger partial charge in [0.1, 0.15) is 11.6 Å². The van der Waals surface area contributed by atoms with E-state index >= 15 is 0 Å². The van der Waals surface area contributed by atoms with Crippen LogP contribution in [0.2, 0.25) is 5.02 Å². The highest BCUT2D eigenvalue weighted by molar-refractivity contribution is 6.30. The number of amides is 1. The summed E-state index contributed by atoms with van der Waals surface area (Å²) in [6.45, 7) is 23.5. The molecular weight excluding hydrogens is 520 g/mol. The number of ether oxygens (including phenoxy) is 1. The number of allylic oxidation sites excluding steroid dienone is 7. The number of benzene rings is 1. The number of carbonyl (C=O) groups excluding carboxylic acids is 1. The van der Waals surface area contributed by atoms with Gasteiger partial charge in [-0.05, 0) is 62.3 Å². The van der Waals surface area contributed by atoms with Crippen LogP contribution in [0.4, 0.5) is 0 Å². The van der Waals surface area contributed by atoms with Gasteiger partial charge in [0.05, 0.1) is 11.7 Å². The Labute approximate surface area is 244 Å². The zero-order chi connectivity index (χ0) is 29.2. The Morgan fingerprint density at radius 1 is 1.10 bits per heavy atom. The molecular formula is C33H41ClN4O2. The van der Waals surface area contributed by atoms with Crippen LogP contribution in [-0.2, 0) is 4.79 Å². The second kappa shape index (κ2) is 14.7. The number of piperazine rings is 1. The van der Waals surface area contributed by atoms with Gasteiger partial charge in [0, 0.05) is 48.2 Å². The van der Waals surface area contributed by atoms with Gasteiger partial charge in [-0.25, -0.2) is 4.99 Å². The Balaban J connectivity index is 1.78. The standard InChI is InChI=1S/C33H41ClN4O2/c1-8-12-28(14-11-13-24(4)5)38-25(6)30(9-2)31(10-3)35-33(38)26(7)36-19-21-37(22-20-36)32(39)23-40-29-17-15-27(34)16-18-29/h8-18,24,26H,2-3,6,19-23H2,1,4-5,7H3/b12-8-,13-11-,28-14+. The molecule has 1 fully saturated rings. The normalized spacial score (nSPS) is 18.1. The van der Waals surface area contributed by atoms with E-state index in [0.717, 1.165) is 28.5 Å². The highest BCUT2D eigenvalue weighted by Crippen LogP contribution is 2.32. The third-order valence-electron chi connectivity index (χ3n) is 6.84. The molecule has 1 aromatic rings. The summed E-state index contributed by atoms with van der Waals surface area (Å²) in [6.07, 6.45) is 13.9. The first kappa shape index (κ1) is 30.9. The first-order valence-electron chi connectivity index (χ1n) is 13.7. The smallest absolute Gasteiger partial charge is 0.260 e. The van der Waals surface area contributed by atoms with Crippen molar-refractivity contribution in [2.45, 2.75) is 33.7 Å². The quantitative estimate of drug-likeness (QED) is 0.280. The van der Waals surface area contributed by atoms with Gasteiger partial charge in [0.25, 0.3) is 5.91 Å². The number of aliphatic imine (C=N–C) groups is 1. The minimum Gasteiger partial charge on any atom is -0.484 e. The Kier molecular flexibility index (Phi) is 11.4. The molecule has 1 aromatic carbocycles. The van der Waals surface area contributed by atoms with E-state index in [0.29, 0.717) is 42.9 Å². The summed E-state index contributed by atoms with van der Waals surface area (Å²) in [6, 6.07) is 6.98. The van der Waals surface area contributed by atoms with Gasteiger partial charge < -0.3 is 9.64 Å². The maximum atomic E-state index is 12.8. The van der Waals surface area contributed by atoms with Crippen molar-refractivity contribution < 1.29 is 9.53 Å². The van der Waals surface area contributed by atoms with Crippen molar-refractivity contribution in [2.75, 3.05) is 32.8 Å². The van der Waals surface area contributed by atoms with Gasteiger partial charge >= 0.3 is 0 Å². The molecule has 2 aliphatic heterocycles. The number of carbonyl (C=O) groups is 1. The summed E-state index contributed by atoms with van der Waals surface area (Å²) in [5.74, 6) is 1.89. The maximum Gasteiger partial charge on any atom is 0.260 e. The highest BCUT2D eigenvalue weighted by atomic mass is 35.5. The van der Waals surface area contributed by atoms with Gasteiger partial charge in [-0.3, -0.25) is 14.6 Å². The average Bonchev–Trinajstić information content (AvgIpc) is 2.95. The van der Waals surface area contributed by atoms with Crippen LogP contribution >= 0.6 is 11.6 Å². The fraction of sp³-hybridized carbons (Fsp3) is 0.333. The van der Waals surface area contributed by atoms with E-state index in [1.54, 1.807) is 36.4 Å². The molecule has 0 saturated carbocycles.